The van der Waals surface area contributed by atoms with Gasteiger partial charge in [0.2, 0.25) is 0 Å². The quantitative estimate of drug-likeness (QED) is 0.672. The lowest BCUT2D eigenvalue weighted by atomic mass is 10.0. The number of ether oxygens (including phenoxy) is 1. The first-order valence-corrected chi connectivity index (χ1v) is 8.79. The zero-order valence-electron chi connectivity index (χ0n) is 15.4. The lowest BCUT2D eigenvalue weighted by molar-refractivity contribution is 0.0933. The van der Waals surface area contributed by atoms with E-state index in [1.54, 1.807) is 18.3 Å². The van der Waals surface area contributed by atoms with Crippen LogP contribution in [0.3, 0.4) is 0 Å². The summed E-state index contributed by atoms with van der Waals surface area (Å²) in [5.41, 5.74) is 1.41. The molecule has 3 rings (SSSR count). The van der Waals surface area contributed by atoms with Crippen LogP contribution in [-0.4, -0.2) is 27.7 Å². The van der Waals surface area contributed by atoms with E-state index in [2.05, 4.69) is 14.9 Å². The van der Waals surface area contributed by atoms with Gasteiger partial charge in [0, 0.05) is 24.5 Å². The minimum atomic E-state index is -0.246. The molecule has 1 atom stereocenters. The van der Waals surface area contributed by atoms with E-state index in [0.29, 0.717) is 11.3 Å². The van der Waals surface area contributed by atoms with E-state index >= 15 is 0 Å². The van der Waals surface area contributed by atoms with E-state index in [9.17, 15) is 9.90 Å². The van der Waals surface area contributed by atoms with Gasteiger partial charge in [-0.15, -0.1) is 0 Å². The standard InChI is InChI=1S/C21H23N3O3/c1-15-22-11-13-24(15)12-10-18(16-6-4-3-5-7-16)23-21(26)17-8-9-20(27-2)19(25)14-17/h3-9,11,13-14,18,25H,10,12H2,1-2H3,(H,23,26)/t18-/m1/s1. The van der Waals surface area contributed by atoms with Crippen LogP contribution in [-0.2, 0) is 6.54 Å². The summed E-state index contributed by atoms with van der Waals surface area (Å²) >= 11 is 0. The molecule has 0 aliphatic rings. The molecule has 0 fully saturated rings. The molecule has 0 aliphatic carbocycles. The van der Waals surface area contributed by atoms with Gasteiger partial charge in [-0.3, -0.25) is 4.79 Å². The van der Waals surface area contributed by atoms with Crippen LogP contribution in [0.15, 0.2) is 60.9 Å². The van der Waals surface area contributed by atoms with Crippen LogP contribution >= 0.6 is 0 Å². The normalized spacial score (nSPS) is 11.8. The van der Waals surface area contributed by atoms with Crippen molar-refractivity contribution in [2.45, 2.75) is 25.9 Å². The molecule has 0 radical (unpaired) electrons. The molecule has 0 spiro atoms. The summed E-state index contributed by atoms with van der Waals surface area (Å²) in [4.78, 5) is 17.0. The number of imidazole rings is 1. The molecule has 2 N–H and O–H groups in total. The number of phenolic OH excluding ortho intramolecular Hbond substituents is 1. The zero-order chi connectivity index (χ0) is 19.2. The van der Waals surface area contributed by atoms with Crippen LogP contribution < -0.4 is 10.1 Å². The topological polar surface area (TPSA) is 76.4 Å². The highest BCUT2D eigenvalue weighted by Gasteiger charge is 2.17. The van der Waals surface area contributed by atoms with Gasteiger partial charge < -0.3 is 19.7 Å². The molecule has 1 aromatic heterocycles. The van der Waals surface area contributed by atoms with Crippen molar-refractivity contribution in [2.75, 3.05) is 7.11 Å². The van der Waals surface area contributed by atoms with Gasteiger partial charge in [-0.2, -0.15) is 0 Å². The van der Waals surface area contributed by atoms with E-state index in [1.165, 1.54) is 13.2 Å². The number of hydrogen-bond acceptors (Lipinski definition) is 4. The Labute approximate surface area is 158 Å². The van der Waals surface area contributed by atoms with Crippen molar-refractivity contribution in [3.63, 3.8) is 0 Å². The zero-order valence-corrected chi connectivity index (χ0v) is 15.4. The smallest absolute Gasteiger partial charge is 0.251 e. The number of hydrogen-bond donors (Lipinski definition) is 2. The number of rotatable bonds is 7. The van der Waals surface area contributed by atoms with Gasteiger partial charge in [-0.05, 0) is 37.1 Å². The van der Waals surface area contributed by atoms with Crippen molar-refractivity contribution < 1.29 is 14.6 Å². The SMILES string of the molecule is COc1ccc(C(=O)N[C@H](CCn2ccnc2C)c2ccccc2)cc1O. The number of aromatic nitrogens is 2. The van der Waals surface area contributed by atoms with Crippen molar-refractivity contribution in [1.82, 2.24) is 14.9 Å². The second-order valence-corrected chi connectivity index (χ2v) is 6.28. The van der Waals surface area contributed by atoms with Crippen molar-refractivity contribution >= 4 is 5.91 Å². The van der Waals surface area contributed by atoms with Crippen LogP contribution in [0.5, 0.6) is 11.5 Å². The highest BCUT2D eigenvalue weighted by atomic mass is 16.5. The second kappa shape index (κ2) is 8.40. The summed E-state index contributed by atoms with van der Waals surface area (Å²) in [5, 5.41) is 13.0. The maximum absolute atomic E-state index is 12.7. The number of carbonyl (C=O) groups is 1. The maximum Gasteiger partial charge on any atom is 0.251 e. The number of nitrogens with one attached hydrogen (secondary N) is 1. The molecule has 2 aromatic carbocycles. The first kappa shape index (κ1) is 18.5. The molecule has 27 heavy (non-hydrogen) atoms. The lowest BCUT2D eigenvalue weighted by Gasteiger charge is -2.20. The Morgan fingerprint density at radius 1 is 1.26 bits per heavy atom. The fraction of sp³-hybridized carbons (Fsp3) is 0.238. The third-order valence-electron chi connectivity index (χ3n) is 4.53. The number of carbonyl (C=O) groups excluding carboxylic acids is 1. The molecule has 1 amide bonds. The molecule has 1 heterocycles. The summed E-state index contributed by atoms with van der Waals surface area (Å²) in [6, 6.07) is 14.3. The fourth-order valence-corrected chi connectivity index (χ4v) is 2.99. The second-order valence-electron chi connectivity index (χ2n) is 6.28. The third kappa shape index (κ3) is 4.47. The van der Waals surface area contributed by atoms with E-state index in [-0.39, 0.29) is 17.7 Å². The van der Waals surface area contributed by atoms with E-state index in [0.717, 1.165) is 24.4 Å². The van der Waals surface area contributed by atoms with Gasteiger partial charge in [-0.1, -0.05) is 30.3 Å². The van der Waals surface area contributed by atoms with Gasteiger partial charge in [0.15, 0.2) is 11.5 Å². The van der Waals surface area contributed by atoms with Crippen molar-refractivity contribution in [3.8, 4) is 11.5 Å². The van der Waals surface area contributed by atoms with Crippen LogP contribution in [0.4, 0.5) is 0 Å². The Hall–Kier alpha value is -3.28. The van der Waals surface area contributed by atoms with Crippen molar-refractivity contribution in [2.24, 2.45) is 0 Å². The number of benzene rings is 2. The van der Waals surface area contributed by atoms with Gasteiger partial charge in [0.05, 0.1) is 13.2 Å². The summed E-state index contributed by atoms with van der Waals surface area (Å²) in [6.07, 6.45) is 4.42. The van der Waals surface area contributed by atoms with Crippen molar-refractivity contribution in [3.05, 3.63) is 77.9 Å². The Kier molecular flexibility index (Phi) is 5.76. The minimum Gasteiger partial charge on any atom is -0.504 e. The highest BCUT2D eigenvalue weighted by molar-refractivity contribution is 5.95. The van der Waals surface area contributed by atoms with E-state index in [1.807, 2.05) is 43.5 Å². The van der Waals surface area contributed by atoms with Crippen LogP contribution in [0.1, 0.15) is 34.2 Å². The molecule has 0 saturated carbocycles. The number of amides is 1. The Bertz CT molecular complexity index is 906. The van der Waals surface area contributed by atoms with Gasteiger partial charge in [0.25, 0.3) is 5.91 Å². The van der Waals surface area contributed by atoms with E-state index in [4.69, 9.17) is 4.74 Å². The summed E-state index contributed by atoms with van der Waals surface area (Å²) in [5.74, 6) is 0.967. The number of methoxy groups -OCH3 is 1. The molecule has 0 aliphatic heterocycles. The Morgan fingerprint density at radius 3 is 2.67 bits per heavy atom. The number of phenols is 1. The summed E-state index contributed by atoms with van der Waals surface area (Å²) in [6.45, 7) is 2.69. The van der Waals surface area contributed by atoms with Gasteiger partial charge >= 0.3 is 0 Å². The number of aromatic hydroxyl groups is 1. The lowest BCUT2D eigenvalue weighted by Crippen LogP contribution is -2.29. The molecule has 6 nitrogen and oxygen atoms in total. The molecule has 140 valence electrons. The average molecular weight is 365 g/mol. The van der Waals surface area contributed by atoms with Crippen LogP contribution in [0.2, 0.25) is 0 Å². The van der Waals surface area contributed by atoms with E-state index < -0.39 is 0 Å². The average Bonchev–Trinajstić information content (AvgIpc) is 3.10. The predicted molar refractivity (Wildman–Crippen MR) is 103 cm³/mol. The van der Waals surface area contributed by atoms with Crippen LogP contribution in [0.25, 0.3) is 0 Å². The van der Waals surface area contributed by atoms with Crippen LogP contribution in [0, 0.1) is 6.92 Å². The monoisotopic (exact) mass is 365 g/mol. The predicted octanol–water partition coefficient (Wildman–Crippen LogP) is 3.47. The largest absolute Gasteiger partial charge is 0.504 e. The fourth-order valence-electron chi connectivity index (χ4n) is 2.99. The molecular formula is C21H23N3O3. The molecule has 0 unspecified atom stereocenters. The van der Waals surface area contributed by atoms with Gasteiger partial charge in [0.1, 0.15) is 5.82 Å². The highest BCUT2D eigenvalue weighted by Crippen LogP contribution is 2.27. The molecule has 6 heteroatoms. The molecule has 0 bridgehead atoms. The maximum atomic E-state index is 12.7. The molecule has 3 aromatic rings. The third-order valence-corrected chi connectivity index (χ3v) is 4.53. The first-order chi connectivity index (χ1) is 13.1. The Morgan fingerprint density at radius 2 is 2.04 bits per heavy atom. The minimum absolute atomic E-state index is 0.0598. The van der Waals surface area contributed by atoms with Crippen molar-refractivity contribution in [1.29, 1.82) is 0 Å². The summed E-state index contributed by atoms with van der Waals surface area (Å²) < 4.78 is 7.09. The number of aryl methyl sites for hydroxylation is 2. The van der Waals surface area contributed by atoms with Gasteiger partial charge in [-0.25, -0.2) is 4.98 Å². The first-order valence-electron chi connectivity index (χ1n) is 8.79. The summed E-state index contributed by atoms with van der Waals surface area (Å²) in [7, 11) is 1.47. The number of nitrogens with zero attached hydrogens (tertiary/aromatic N) is 2. The molecule has 0 saturated heterocycles. The Balaban J connectivity index is 1.77. The molecular weight excluding hydrogens is 342 g/mol.